The maximum absolute atomic E-state index is 13.1. The van der Waals surface area contributed by atoms with Crippen LogP contribution in [-0.4, -0.2) is 39.1 Å². The SMILES string of the molecule is CCOc1cc(CNCCCSc2nnnn2C)cc(Br)c1OCc1ccc(F)cc1.Cl. The minimum atomic E-state index is -0.263. The number of nitrogens with one attached hydrogen (secondary N) is 1. The second-order valence-electron chi connectivity index (χ2n) is 6.72. The highest BCUT2D eigenvalue weighted by Gasteiger charge is 2.13. The molecule has 3 aromatic rings. The van der Waals surface area contributed by atoms with Gasteiger partial charge in [0.1, 0.15) is 12.4 Å². The summed E-state index contributed by atoms with van der Waals surface area (Å²) < 4.78 is 27.3. The van der Waals surface area contributed by atoms with Crippen LogP contribution in [0, 0.1) is 5.82 Å². The molecule has 0 bridgehead atoms. The third kappa shape index (κ3) is 7.91. The van der Waals surface area contributed by atoms with Crippen LogP contribution < -0.4 is 14.8 Å². The van der Waals surface area contributed by atoms with E-state index >= 15 is 0 Å². The van der Waals surface area contributed by atoms with E-state index in [0.717, 1.165) is 39.5 Å². The van der Waals surface area contributed by atoms with Gasteiger partial charge in [-0.2, -0.15) is 0 Å². The predicted octanol–water partition coefficient (Wildman–Crippen LogP) is 4.78. The van der Waals surface area contributed by atoms with Crippen LogP contribution in [0.3, 0.4) is 0 Å². The van der Waals surface area contributed by atoms with Crippen molar-refractivity contribution in [3.8, 4) is 11.5 Å². The molecule has 0 saturated carbocycles. The molecule has 0 aliphatic rings. The van der Waals surface area contributed by atoms with E-state index in [-0.39, 0.29) is 18.2 Å². The smallest absolute Gasteiger partial charge is 0.209 e. The number of ether oxygens (including phenoxy) is 2. The Hall–Kier alpha value is -1.88. The van der Waals surface area contributed by atoms with E-state index in [1.54, 1.807) is 28.6 Å². The van der Waals surface area contributed by atoms with Gasteiger partial charge in [-0.15, -0.1) is 17.5 Å². The van der Waals surface area contributed by atoms with Gasteiger partial charge in [0.25, 0.3) is 0 Å². The molecule has 1 aromatic heterocycles. The molecule has 0 aliphatic carbocycles. The number of nitrogens with zero attached hydrogens (tertiary/aromatic N) is 4. The summed E-state index contributed by atoms with van der Waals surface area (Å²) in [5.74, 6) is 2.00. The number of benzene rings is 2. The number of rotatable bonds is 12. The molecule has 11 heteroatoms. The second-order valence-corrected chi connectivity index (χ2v) is 8.63. The Bertz CT molecular complexity index is 977. The van der Waals surface area contributed by atoms with Gasteiger partial charge in [0.15, 0.2) is 11.5 Å². The molecule has 0 fully saturated rings. The van der Waals surface area contributed by atoms with E-state index in [1.165, 1.54) is 12.1 Å². The zero-order chi connectivity index (χ0) is 22.1. The molecule has 0 radical (unpaired) electrons. The molecule has 0 atom stereocenters. The van der Waals surface area contributed by atoms with Crippen molar-refractivity contribution in [1.82, 2.24) is 25.5 Å². The molecule has 0 amide bonds. The average molecular weight is 547 g/mol. The average Bonchev–Trinajstić information content (AvgIpc) is 3.16. The van der Waals surface area contributed by atoms with Gasteiger partial charge in [-0.1, -0.05) is 23.9 Å². The Morgan fingerprint density at radius 3 is 2.62 bits per heavy atom. The monoisotopic (exact) mass is 545 g/mol. The highest BCUT2D eigenvalue weighted by atomic mass is 79.9. The summed E-state index contributed by atoms with van der Waals surface area (Å²) in [6.45, 7) is 4.39. The standard InChI is InChI=1S/C21H25BrFN5O2S.ClH/c1-3-29-19-12-16(13-24-9-4-10-31-21-25-26-27-28(21)2)11-18(22)20(19)30-14-15-5-7-17(23)8-6-15;/h5-8,11-12,24H,3-4,9-10,13-14H2,1-2H3;1H. The Kier molecular flexibility index (Phi) is 11.2. The molecule has 2 aromatic carbocycles. The second kappa shape index (κ2) is 13.6. The zero-order valence-corrected chi connectivity index (χ0v) is 21.1. The first-order valence-corrected chi connectivity index (χ1v) is 11.7. The van der Waals surface area contributed by atoms with E-state index < -0.39 is 0 Å². The predicted molar refractivity (Wildman–Crippen MR) is 129 cm³/mol. The summed E-state index contributed by atoms with van der Waals surface area (Å²) in [6.07, 6.45) is 0.996. The Balaban J connectivity index is 0.00000363. The molecule has 0 saturated heterocycles. The van der Waals surface area contributed by atoms with Crippen molar-refractivity contribution in [3.63, 3.8) is 0 Å². The minimum Gasteiger partial charge on any atom is -0.490 e. The quantitative estimate of drug-likeness (QED) is 0.259. The molecule has 0 aliphatic heterocycles. The van der Waals surface area contributed by atoms with Crippen LogP contribution in [0.2, 0.25) is 0 Å². The molecule has 0 spiro atoms. The van der Waals surface area contributed by atoms with E-state index in [4.69, 9.17) is 9.47 Å². The van der Waals surface area contributed by atoms with Gasteiger partial charge < -0.3 is 14.8 Å². The Labute approximate surface area is 206 Å². The first-order chi connectivity index (χ1) is 15.1. The van der Waals surface area contributed by atoms with Crippen LogP contribution >= 0.6 is 40.1 Å². The molecule has 174 valence electrons. The van der Waals surface area contributed by atoms with Gasteiger partial charge >= 0.3 is 0 Å². The number of thioether (sulfide) groups is 1. The van der Waals surface area contributed by atoms with Gasteiger partial charge in [0.05, 0.1) is 11.1 Å². The lowest BCUT2D eigenvalue weighted by atomic mass is 10.2. The van der Waals surface area contributed by atoms with Crippen LogP contribution in [0.1, 0.15) is 24.5 Å². The van der Waals surface area contributed by atoms with Crippen molar-refractivity contribution in [1.29, 1.82) is 0 Å². The van der Waals surface area contributed by atoms with Gasteiger partial charge in [0, 0.05) is 19.3 Å². The number of hydrogen-bond donors (Lipinski definition) is 1. The molecule has 7 nitrogen and oxygen atoms in total. The molecule has 1 heterocycles. The zero-order valence-electron chi connectivity index (χ0n) is 17.9. The fourth-order valence-electron chi connectivity index (χ4n) is 2.80. The third-order valence-electron chi connectivity index (χ3n) is 4.31. The Morgan fingerprint density at radius 1 is 1.16 bits per heavy atom. The highest BCUT2D eigenvalue weighted by Crippen LogP contribution is 2.37. The first kappa shape index (κ1) is 26.4. The summed E-state index contributed by atoms with van der Waals surface area (Å²) >= 11 is 5.24. The molecular formula is C21H26BrClFN5O2S. The maximum atomic E-state index is 13.1. The van der Waals surface area contributed by atoms with Crippen LogP contribution in [0.25, 0.3) is 0 Å². The lowest BCUT2D eigenvalue weighted by Crippen LogP contribution is -2.15. The first-order valence-electron chi connectivity index (χ1n) is 9.95. The topological polar surface area (TPSA) is 74.1 Å². The lowest BCUT2D eigenvalue weighted by Gasteiger charge is -2.16. The van der Waals surface area contributed by atoms with Crippen molar-refractivity contribution in [3.05, 3.63) is 57.8 Å². The number of halogens is 3. The summed E-state index contributed by atoms with van der Waals surface area (Å²) in [7, 11) is 1.83. The van der Waals surface area contributed by atoms with Crippen molar-refractivity contribution >= 4 is 40.1 Å². The largest absolute Gasteiger partial charge is 0.490 e. The lowest BCUT2D eigenvalue weighted by molar-refractivity contribution is 0.267. The van der Waals surface area contributed by atoms with Gasteiger partial charge in [-0.05, 0) is 81.6 Å². The number of aromatic nitrogens is 4. The fourth-order valence-corrected chi connectivity index (χ4v) is 4.19. The third-order valence-corrected chi connectivity index (χ3v) is 5.99. The van der Waals surface area contributed by atoms with Crippen molar-refractivity contribution in [2.75, 3.05) is 18.9 Å². The summed E-state index contributed by atoms with van der Waals surface area (Å²) in [6, 6.07) is 10.3. The van der Waals surface area contributed by atoms with Crippen LogP contribution in [-0.2, 0) is 20.2 Å². The van der Waals surface area contributed by atoms with Crippen LogP contribution in [0.15, 0.2) is 46.0 Å². The van der Waals surface area contributed by atoms with E-state index in [1.807, 2.05) is 26.1 Å². The normalized spacial score (nSPS) is 10.6. The van der Waals surface area contributed by atoms with Crippen LogP contribution in [0.4, 0.5) is 4.39 Å². The molecule has 0 unspecified atom stereocenters. The summed E-state index contributed by atoms with van der Waals surface area (Å²) in [5, 5.41) is 15.7. The fraction of sp³-hybridized carbons (Fsp3) is 0.381. The number of aryl methyl sites for hydroxylation is 1. The molecule has 1 N–H and O–H groups in total. The van der Waals surface area contributed by atoms with Crippen molar-refractivity contribution in [2.45, 2.75) is 31.7 Å². The van der Waals surface area contributed by atoms with Crippen molar-refractivity contribution in [2.24, 2.45) is 7.05 Å². The van der Waals surface area contributed by atoms with Gasteiger partial charge in [-0.25, -0.2) is 9.07 Å². The van der Waals surface area contributed by atoms with E-state index in [0.29, 0.717) is 31.3 Å². The molecule has 3 rings (SSSR count). The van der Waals surface area contributed by atoms with E-state index in [9.17, 15) is 4.39 Å². The van der Waals surface area contributed by atoms with Gasteiger partial charge in [-0.3, -0.25) is 0 Å². The van der Waals surface area contributed by atoms with E-state index in [2.05, 4.69) is 36.8 Å². The maximum Gasteiger partial charge on any atom is 0.209 e. The molecule has 32 heavy (non-hydrogen) atoms. The van der Waals surface area contributed by atoms with Crippen molar-refractivity contribution < 1.29 is 13.9 Å². The van der Waals surface area contributed by atoms with Gasteiger partial charge in [0.2, 0.25) is 5.16 Å². The molecular weight excluding hydrogens is 521 g/mol. The summed E-state index contributed by atoms with van der Waals surface area (Å²) in [4.78, 5) is 0. The highest BCUT2D eigenvalue weighted by molar-refractivity contribution is 9.10. The number of hydrogen-bond acceptors (Lipinski definition) is 7. The summed E-state index contributed by atoms with van der Waals surface area (Å²) in [5.41, 5.74) is 1.98. The minimum absolute atomic E-state index is 0. The van der Waals surface area contributed by atoms with Crippen LogP contribution in [0.5, 0.6) is 11.5 Å². The number of tetrazole rings is 1. The Morgan fingerprint density at radius 2 is 1.94 bits per heavy atom.